The molecule has 5 N–H and O–H groups in total. The molecule has 2 aliphatic rings. The summed E-state index contributed by atoms with van der Waals surface area (Å²) in [4.78, 5) is 70.2. The summed E-state index contributed by atoms with van der Waals surface area (Å²) < 4.78 is 37.1. The summed E-state index contributed by atoms with van der Waals surface area (Å²) in [5, 5.41) is 11.8. The van der Waals surface area contributed by atoms with Gasteiger partial charge in [0.2, 0.25) is 11.8 Å². The molecule has 1 saturated heterocycles. The summed E-state index contributed by atoms with van der Waals surface area (Å²) in [6, 6.07) is 3.37. The predicted octanol–water partition coefficient (Wildman–Crippen LogP) is -0.825. The Hall–Kier alpha value is -4.01. The number of nitrogens with two attached hydrogens (primary N) is 1. The number of alkyl halides is 3. The summed E-state index contributed by atoms with van der Waals surface area (Å²) in [7, 11) is 0. The number of carboxylic acid groups (broad SMARTS) is 1. The zero-order valence-electron chi connectivity index (χ0n) is 17.3. The molecule has 15 heteroatoms. The van der Waals surface area contributed by atoms with Crippen molar-refractivity contribution in [3.8, 4) is 5.75 Å². The Morgan fingerprint density at radius 2 is 1.85 bits per heavy atom. The van der Waals surface area contributed by atoms with Crippen LogP contribution >= 0.6 is 0 Å². The fourth-order valence-electron chi connectivity index (χ4n) is 3.01. The van der Waals surface area contributed by atoms with E-state index in [1.807, 2.05) is 0 Å². The standard InChI is InChI=1S/C17H18N4O6.C2HF3O2/c18-6-7-19-13(23)8-27-11-3-1-2-9-14(11)17(26)21(16(9)25)10-4-5-12(22)20-15(10)24;3-2(4,5)1(6)7/h1-3,10H,4-8,18H2,(H,19,23)(H,20,22,24);(H,6,7). The highest BCUT2D eigenvalue weighted by Gasteiger charge is 2.46. The Morgan fingerprint density at radius 1 is 1.21 bits per heavy atom. The summed E-state index contributed by atoms with van der Waals surface area (Å²) in [5.41, 5.74) is 5.39. The van der Waals surface area contributed by atoms with Crippen LogP contribution < -0.4 is 21.1 Å². The summed E-state index contributed by atoms with van der Waals surface area (Å²) in [6.45, 7) is 0.215. The first-order valence-electron chi connectivity index (χ1n) is 9.62. The lowest BCUT2D eigenvalue weighted by Crippen LogP contribution is -2.54. The van der Waals surface area contributed by atoms with Crippen molar-refractivity contribution in [2.75, 3.05) is 19.7 Å². The van der Waals surface area contributed by atoms with Crippen molar-refractivity contribution in [2.45, 2.75) is 25.1 Å². The lowest BCUT2D eigenvalue weighted by Gasteiger charge is -2.27. The predicted molar refractivity (Wildman–Crippen MR) is 104 cm³/mol. The highest BCUT2D eigenvalue weighted by Crippen LogP contribution is 2.33. The molecular formula is C19H19F3N4O8. The van der Waals surface area contributed by atoms with Gasteiger partial charge in [-0.15, -0.1) is 0 Å². The van der Waals surface area contributed by atoms with Crippen molar-refractivity contribution in [3.63, 3.8) is 0 Å². The number of ether oxygens (including phenoxy) is 1. The van der Waals surface area contributed by atoms with Gasteiger partial charge >= 0.3 is 12.1 Å². The van der Waals surface area contributed by atoms with E-state index in [1.54, 1.807) is 0 Å². The number of rotatable bonds is 6. The van der Waals surface area contributed by atoms with Gasteiger partial charge in [-0.2, -0.15) is 13.2 Å². The van der Waals surface area contributed by atoms with Crippen LogP contribution in [0.25, 0.3) is 0 Å². The zero-order chi connectivity index (χ0) is 25.6. The number of hydrogen-bond donors (Lipinski definition) is 4. The minimum atomic E-state index is -5.08. The van der Waals surface area contributed by atoms with Gasteiger partial charge in [-0.3, -0.25) is 34.2 Å². The Bertz CT molecular complexity index is 1030. The number of piperidine rings is 1. The number of carboxylic acids is 1. The van der Waals surface area contributed by atoms with Crippen LogP contribution in [-0.4, -0.2) is 77.4 Å². The third-order valence-corrected chi connectivity index (χ3v) is 4.50. The topological polar surface area (TPSA) is 185 Å². The van der Waals surface area contributed by atoms with Gasteiger partial charge in [0, 0.05) is 19.5 Å². The van der Waals surface area contributed by atoms with Gasteiger partial charge in [0.1, 0.15) is 11.8 Å². The first kappa shape index (κ1) is 26.2. The molecule has 5 amide bonds. The van der Waals surface area contributed by atoms with Crippen LogP contribution in [0.2, 0.25) is 0 Å². The molecule has 184 valence electrons. The van der Waals surface area contributed by atoms with Crippen LogP contribution in [-0.2, 0) is 19.2 Å². The molecule has 0 bridgehead atoms. The Labute approximate surface area is 189 Å². The number of hydrogen-bond acceptors (Lipinski definition) is 8. The molecular weight excluding hydrogens is 469 g/mol. The zero-order valence-corrected chi connectivity index (χ0v) is 17.3. The third kappa shape index (κ3) is 6.06. The molecule has 1 unspecified atom stereocenters. The number of halogens is 3. The molecule has 0 aromatic heterocycles. The summed E-state index contributed by atoms with van der Waals surface area (Å²) >= 11 is 0. The van der Waals surface area contributed by atoms with Gasteiger partial charge in [0.15, 0.2) is 6.61 Å². The maximum Gasteiger partial charge on any atom is 0.490 e. The Morgan fingerprint density at radius 3 is 2.41 bits per heavy atom. The molecule has 0 saturated carbocycles. The molecule has 0 aliphatic carbocycles. The van der Waals surface area contributed by atoms with E-state index in [0.29, 0.717) is 0 Å². The maximum atomic E-state index is 12.8. The highest BCUT2D eigenvalue weighted by atomic mass is 19.4. The van der Waals surface area contributed by atoms with Crippen molar-refractivity contribution < 1.29 is 51.8 Å². The fourth-order valence-corrected chi connectivity index (χ4v) is 3.01. The molecule has 1 aromatic carbocycles. The van der Waals surface area contributed by atoms with Crippen molar-refractivity contribution in [2.24, 2.45) is 5.73 Å². The van der Waals surface area contributed by atoms with Gasteiger partial charge in [0.25, 0.3) is 17.7 Å². The van der Waals surface area contributed by atoms with E-state index in [4.69, 9.17) is 20.4 Å². The molecule has 1 fully saturated rings. The van der Waals surface area contributed by atoms with E-state index in [2.05, 4.69) is 10.6 Å². The fraction of sp³-hybridized carbons (Fsp3) is 0.368. The van der Waals surface area contributed by atoms with E-state index in [-0.39, 0.29) is 49.4 Å². The molecule has 0 spiro atoms. The van der Waals surface area contributed by atoms with Gasteiger partial charge < -0.3 is 20.9 Å². The largest absolute Gasteiger partial charge is 0.490 e. The van der Waals surface area contributed by atoms with Crippen LogP contribution in [0, 0.1) is 0 Å². The Balaban J connectivity index is 0.000000509. The number of amides is 5. The molecule has 12 nitrogen and oxygen atoms in total. The van der Waals surface area contributed by atoms with Gasteiger partial charge in [-0.05, 0) is 18.6 Å². The van der Waals surface area contributed by atoms with E-state index in [0.717, 1.165) is 4.90 Å². The number of nitrogens with zero attached hydrogens (tertiary/aromatic N) is 1. The van der Waals surface area contributed by atoms with Crippen molar-refractivity contribution >= 4 is 35.5 Å². The van der Waals surface area contributed by atoms with E-state index in [9.17, 15) is 37.1 Å². The Kier molecular flexibility index (Phi) is 8.29. The second-order valence-electron chi connectivity index (χ2n) is 6.86. The maximum absolute atomic E-state index is 12.8. The minimum absolute atomic E-state index is 0.00109. The quantitative estimate of drug-likeness (QED) is 0.371. The van der Waals surface area contributed by atoms with Crippen LogP contribution in [0.3, 0.4) is 0 Å². The van der Waals surface area contributed by atoms with Crippen LogP contribution in [0.15, 0.2) is 18.2 Å². The lowest BCUT2D eigenvalue weighted by atomic mass is 10.0. The number of carbonyl (C=O) groups is 6. The molecule has 2 heterocycles. The SMILES string of the molecule is NCCNC(=O)COc1cccc2c1C(=O)N(C1CCC(=O)NC1=O)C2=O.O=C(O)C(F)(F)F. The lowest BCUT2D eigenvalue weighted by molar-refractivity contribution is -0.192. The average Bonchev–Trinajstić information content (AvgIpc) is 3.01. The monoisotopic (exact) mass is 488 g/mol. The van der Waals surface area contributed by atoms with Crippen molar-refractivity contribution in [1.29, 1.82) is 0 Å². The average molecular weight is 488 g/mol. The number of imide groups is 2. The smallest absolute Gasteiger partial charge is 0.483 e. The summed E-state index contributed by atoms with van der Waals surface area (Å²) in [5.74, 6) is -5.57. The number of aliphatic carboxylic acids is 1. The molecule has 1 aromatic rings. The van der Waals surface area contributed by atoms with Gasteiger partial charge in [-0.1, -0.05) is 6.07 Å². The highest BCUT2D eigenvalue weighted by molar-refractivity contribution is 6.24. The van der Waals surface area contributed by atoms with Crippen LogP contribution in [0.5, 0.6) is 5.75 Å². The second-order valence-corrected chi connectivity index (χ2v) is 6.86. The van der Waals surface area contributed by atoms with E-state index < -0.39 is 47.7 Å². The second kappa shape index (κ2) is 10.7. The molecule has 34 heavy (non-hydrogen) atoms. The third-order valence-electron chi connectivity index (χ3n) is 4.50. The van der Waals surface area contributed by atoms with Crippen molar-refractivity contribution in [1.82, 2.24) is 15.5 Å². The number of fused-ring (bicyclic) bond motifs is 1. The minimum Gasteiger partial charge on any atom is -0.483 e. The molecule has 0 radical (unpaired) electrons. The van der Waals surface area contributed by atoms with Gasteiger partial charge in [-0.25, -0.2) is 4.79 Å². The van der Waals surface area contributed by atoms with E-state index >= 15 is 0 Å². The first-order chi connectivity index (χ1) is 15.9. The van der Waals surface area contributed by atoms with Crippen LogP contribution in [0.4, 0.5) is 13.2 Å². The number of benzene rings is 1. The first-order valence-corrected chi connectivity index (χ1v) is 9.62. The molecule has 1 atom stereocenters. The normalized spacial score (nSPS) is 17.4. The number of carbonyl (C=O) groups excluding carboxylic acids is 5. The molecule has 2 aliphatic heterocycles. The molecule has 3 rings (SSSR count). The van der Waals surface area contributed by atoms with Crippen LogP contribution in [0.1, 0.15) is 33.6 Å². The number of nitrogens with one attached hydrogen (secondary N) is 2. The van der Waals surface area contributed by atoms with Gasteiger partial charge in [0.05, 0.1) is 11.1 Å². The van der Waals surface area contributed by atoms with E-state index in [1.165, 1.54) is 18.2 Å². The summed E-state index contributed by atoms with van der Waals surface area (Å²) in [6.07, 6.45) is -4.98. The van der Waals surface area contributed by atoms with Crippen molar-refractivity contribution in [3.05, 3.63) is 29.3 Å².